The second kappa shape index (κ2) is 11.0. The molecule has 0 saturated carbocycles. The molecule has 9 heteroatoms. The van der Waals surface area contributed by atoms with Crippen LogP contribution < -0.4 is 5.32 Å². The fourth-order valence-corrected chi connectivity index (χ4v) is 4.74. The molecule has 8 nitrogen and oxygen atoms in total. The summed E-state index contributed by atoms with van der Waals surface area (Å²) in [6.45, 7) is 10.4. The molecule has 0 aliphatic carbocycles. The van der Waals surface area contributed by atoms with Crippen LogP contribution >= 0.6 is 11.8 Å². The summed E-state index contributed by atoms with van der Waals surface area (Å²) >= 11 is 1.36. The van der Waals surface area contributed by atoms with Crippen molar-refractivity contribution in [2.24, 2.45) is 5.92 Å². The predicted molar refractivity (Wildman–Crippen MR) is 129 cm³/mol. The highest BCUT2D eigenvalue weighted by atomic mass is 32.2. The quantitative estimate of drug-likeness (QED) is 0.481. The van der Waals surface area contributed by atoms with Crippen LogP contribution in [-0.4, -0.2) is 70.2 Å². The Kier molecular flexibility index (Phi) is 7.85. The van der Waals surface area contributed by atoms with Gasteiger partial charge >= 0.3 is 0 Å². The number of carbonyl (C=O) groups excluding carboxylic acids is 1. The topological polar surface area (TPSA) is 85.4 Å². The molecule has 1 aromatic carbocycles. The largest absolute Gasteiger partial charge is 0.469 e. The van der Waals surface area contributed by atoms with Gasteiger partial charge in [-0.25, -0.2) is 0 Å². The molecule has 1 N–H and O–H groups in total. The number of hydrogen-bond acceptors (Lipinski definition) is 7. The summed E-state index contributed by atoms with van der Waals surface area (Å²) in [5, 5.41) is 12.4. The van der Waals surface area contributed by atoms with Crippen LogP contribution in [0.1, 0.15) is 19.6 Å². The zero-order valence-electron chi connectivity index (χ0n) is 19.4. The SMILES string of the molecule is Cc1occc1-c1nnc(SCC(=O)NCC2CN(CC(C)C)CCO2)n1-c1ccccc1. The summed E-state index contributed by atoms with van der Waals surface area (Å²) < 4.78 is 13.3. The minimum Gasteiger partial charge on any atom is -0.469 e. The number of amides is 1. The van der Waals surface area contributed by atoms with Crippen LogP contribution in [0.4, 0.5) is 0 Å². The Morgan fingerprint density at radius 2 is 2.06 bits per heavy atom. The van der Waals surface area contributed by atoms with E-state index >= 15 is 0 Å². The number of furan rings is 1. The number of para-hydroxylation sites is 1. The number of benzene rings is 1. The number of carbonyl (C=O) groups is 1. The van der Waals surface area contributed by atoms with E-state index in [0.29, 0.717) is 30.1 Å². The third kappa shape index (κ3) is 6.04. The molecule has 1 aliphatic heterocycles. The number of rotatable bonds is 9. The fourth-order valence-electron chi connectivity index (χ4n) is 3.96. The van der Waals surface area contributed by atoms with Crippen molar-refractivity contribution in [1.29, 1.82) is 0 Å². The van der Waals surface area contributed by atoms with Gasteiger partial charge in [0.15, 0.2) is 11.0 Å². The normalized spacial score (nSPS) is 16.9. The number of nitrogens with zero attached hydrogens (tertiary/aromatic N) is 4. The lowest BCUT2D eigenvalue weighted by Crippen LogP contribution is -2.48. The summed E-state index contributed by atoms with van der Waals surface area (Å²) in [7, 11) is 0. The van der Waals surface area contributed by atoms with Crippen molar-refractivity contribution in [2.45, 2.75) is 32.0 Å². The fraction of sp³-hybridized carbons (Fsp3) is 0.458. The number of morpholine rings is 1. The highest BCUT2D eigenvalue weighted by Crippen LogP contribution is 2.30. The Hall–Kier alpha value is -2.62. The van der Waals surface area contributed by atoms with Gasteiger partial charge < -0.3 is 14.5 Å². The van der Waals surface area contributed by atoms with E-state index in [-0.39, 0.29) is 17.8 Å². The first-order valence-electron chi connectivity index (χ1n) is 11.3. The molecule has 0 radical (unpaired) electrons. The smallest absolute Gasteiger partial charge is 0.230 e. The standard InChI is InChI=1S/C24H31N5O3S/c1-17(2)14-28-10-12-32-20(15-28)13-25-22(30)16-33-24-27-26-23(21-9-11-31-18(21)3)29(24)19-7-5-4-6-8-19/h4-9,11,17,20H,10,12-16H2,1-3H3,(H,25,30). The molecule has 33 heavy (non-hydrogen) atoms. The first kappa shape index (κ1) is 23.5. The first-order chi connectivity index (χ1) is 16.0. The molecule has 3 aromatic rings. The first-order valence-corrected chi connectivity index (χ1v) is 12.3. The Balaban J connectivity index is 1.39. The summed E-state index contributed by atoms with van der Waals surface area (Å²) in [5.74, 6) is 2.28. The summed E-state index contributed by atoms with van der Waals surface area (Å²) in [5.41, 5.74) is 1.81. The van der Waals surface area contributed by atoms with E-state index in [1.807, 2.05) is 47.9 Å². The van der Waals surface area contributed by atoms with Gasteiger partial charge in [-0.3, -0.25) is 14.3 Å². The van der Waals surface area contributed by atoms with Crippen LogP contribution in [0.15, 0.2) is 52.2 Å². The molecule has 1 amide bonds. The van der Waals surface area contributed by atoms with Gasteiger partial charge in [0.2, 0.25) is 5.91 Å². The zero-order valence-corrected chi connectivity index (χ0v) is 20.2. The molecule has 1 unspecified atom stereocenters. The van der Waals surface area contributed by atoms with Crippen molar-refractivity contribution in [1.82, 2.24) is 25.0 Å². The van der Waals surface area contributed by atoms with Crippen molar-refractivity contribution in [3.05, 3.63) is 48.4 Å². The summed E-state index contributed by atoms with van der Waals surface area (Å²) in [6.07, 6.45) is 1.67. The van der Waals surface area contributed by atoms with E-state index in [2.05, 4.69) is 34.3 Å². The lowest BCUT2D eigenvalue weighted by atomic mass is 10.2. The summed E-state index contributed by atoms with van der Waals surface area (Å²) in [6, 6.07) is 11.8. The third-order valence-corrected chi connectivity index (χ3v) is 6.38. The minimum absolute atomic E-state index is 0.0232. The van der Waals surface area contributed by atoms with Crippen LogP contribution in [0, 0.1) is 12.8 Å². The van der Waals surface area contributed by atoms with Gasteiger partial charge in [-0.1, -0.05) is 43.8 Å². The van der Waals surface area contributed by atoms with E-state index in [1.165, 1.54) is 11.8 Å². The Bertz CT molecular complexity index is 1050. The molecule has 0 bridgehead atoms. The Labute approximate surface area is 198 Å². The van der Waals surface area contributed by atoms with Crippen LogP contribution in [0.2, 0.25) is 0 Å². The van der Waals surface area contributed by atoms with Crippen LogP contribution in [0.3, 0.4) is 0 Å². The predicted octanol–water partition coefficient (Wildman–Crippen LogP) is 3.40. The maximum atomic E-state index is 12.6. The number of nitrogens with one attached hydrogen (secondary N) is 1. The number of hydrogen-bond donors (Lipinski definition) is 1. The molecule has 1 atom stereocenters. The number of ether oxygens (including phenoxy) is 1. The molecule has 1 saturated heterocycles. The van der Waals surface area contributed by atoms with Crippen LogP contribution in [-0.2, 0) is 9.53 Å². The average molecular weight is 470 g/mol. The molecule has 3 heterocycles. The van der Waals surface area contributed by atoms with Crippen LogP contribution in [0.25, 0.3) is 17.1 Å². The third-order valence-electron chi connectivity index (χ3n) is 5.45. The molecule has 0 spiro atoms. The van der Waals surface area contributed by atoms with Crippen molar-refractivity contribution >= 4 is 17.7 Å². The molecular weight excluding hydrogens is 438 g/mol. The van der Waals surface area contributed by atoms with Crippen LogP contribution in [0.5, 0.6) is 0 Å². The second-order valence-corrected chi connectivity index (χ2v) is 9.55. The van der Waals surface area contributed by atoms with E-state index in [4.69, 9.17) is 9.15 Å². The highest BCUT2D eigenvalue weighted by Gasteiger charge is 2.22. The van der Waals surface area contributed by atoms with Gasteiger partial charge in [0.25, 0.3) is 0 Å². The minimum atomic E-state index is -0.0479. The van der Waals surface area contributed by atoms with Crippen molar-refractivity contribution in [3.8, 4) is 17.1 Å². The van der Waals surface area contributed by atoms with Crippen molar-refractivity contribution < 1.29 is 13.9 Å². The molecule has 2 aromatic heterocycles. The van der Waals surface area contributed by atoms with Gasteiger partial charge in [-0.2, -0.15) is 0 Å². The molecular formula is C24H31N5O3S. The van der Waals surface area contributed by atoms with E-state index in [9.17, 15) is 4.79 Å². The molecule has 176 valence electrons. The maximum Gasteiger partial charge on any atom is 0.230 e. The Morgan fingerprint density at radius 3 is 2.79 bits per heavy atom. The number of thioether (sulfide) groups is 1. The van der Waals surface area contributed by atoms with Gasteiger partial charge in [-0.05, 0) is 31.0 Å². The molecule has 4 rings (SSSR count). The van der Waals surface area contributed by atoms with E-state index < -0.39 is 0 Å². The Morgan fingerprint density at radius 1 is 1.24 bits per heavy atom. The lowest BCUT2D eigenvalue weighted by molar-refractivity contribution is -0.119. The molecule has 1 fully saturated rings. The lowest BCUT2D eigenvalue weighted by Gasteiger charge is -2.33. The van der Waals surface area contributed by atoms with E-state index in [0.717, 1.165) is 36.6 Å². The highest BCUT2D eigenvalue weighted by molar-refractivity contribution is 7.99. The van der Waals surface area contributed by atoms with E-state index in [1.54, 1.807) is 6.26 Å². The monoisotopic (exact) mass is 469 g/mol. The average Bonchev–Trinajstić information content (AvgIpc) is 3.42. The molecule has 1 aliphatic rings. The summed E-state index contributed by atoms with van der Waals surface area (Å²) in [4.78, 5) is 15.0. The van der Waals surface area contributed by atoms with Gasteiger partial charge in [0.05, 0.1) is 30.3 Å². The number of aromatic nitrogens is 3. The van der Waals surface area contributed by atoms with Gasteiger partial charge in [0, 0.05) is 31.9 Å². The number of aryl methyl sites for hydroxylation is 1. The van der Waals surface area contributed by atoms with Crippen molar-refractivity contribution in [3.63, 3.8) is 0 Å². The second-order valence-electron chi connectivity index (χ2n) is 8.61. The van der Waals surface area contributed by atoms with Gasteiger partial charge in [-0.15, -0.1) is 10.2 Å². The van der Waals surface area contributed by atoms with Crippen molar-refractivity contribution in [2.75, 3.05) is 38.5 Å². The zero-order chi connectivity index (χ0) is 23.2. The van der Waals surface area contributed by atoms with Gasteiger partial charge in [0.1, 0.15) is 5.76 Å². The maximum absolute atomic E-state index is 12.6.